The quantitative estimate of drug-likeness (QED) is 0.468. The molecular formula is C19H14FNO5. The lowest BCUT2D eigenvalue weighted by Gasteiger charge is -2.14. The van der Waals surface area contributed by atoms with Gasteiger partial charge in [0.05, 0.1) is 16.8 Å². The molecule has 0 aromatic heterocycles. The van der Waals surface area contributed by atoms with Crippen molar-refractivity contribution in [1.82, 2.24) is 0 Å². The van der Waals surface area contributed by atoms with E-state index in [2.05, 4.69) is 0 Å². The molecule has 3 rings (SSSR count). The minimum Gasteiger partial charge on any atom is -0.454 e. The predicted molar refractivity (Wildman–Crippen MR) is 89.2 cm³/mol. The number of Topliss-reactive ketones (excluding diaryl/α,β-unsaturated/α-hetero) is 1. The van der Waals surface area contributed by atoms with Crippen molar-refractivity contribution < 1.29 is 28.3 Å². The summed E-state index contributed by atoms with van der Waals surface area (Å²) in [4.78, 5) is 48.4. The summed E-state index contributed by atoms with van der Waals surface area (Å²) in [7, 11) is 0. The lowest BCUT2D eigenvalue weighted by molar-refractivity contribution is -0.121. The Morgan fingerprint density at radius 3 is 2.19 bits per heavy atom. The maximum atomic E-state index is 13.5. The number of nitrogens with zero attached hydrogens (tertiary/aromatic N) is 1. The molecule has 0 aliphatic carbocycles. The lowest BCUT2D eigenvalue weighted by atomic mass is 10.1. The molecule has 1 heterocycles. The minimum absolute atomic E-state index is 0.147. The van der Waals surface area contributed by atoms with Gasteiger partial charge in [-0.3, -0.25) is 19.3 Å². The Bertz CT molecular complexity index is 875. The Morgan fingerprint density at radius 1 is 0.962 bits per heavy atom. The smallest absolute Gasteiger partial charge is 0.338 e. The van der Waals surface area contributed by atoms with Crippen LogP contribution in [0.5, 0.6) is 0 Å². The summed E-state index contributed by atoms with van der Waals surface area (Å²) in [6.45, 7) is -0.593. The second kappa shape index (κ2) is 7.26. The van der Waals surface area contributed by atoms with Crippen LogP contribution in [0, 0.1) is 5.82 Å². The molecule has 0 bridgehead atoms. The third-order valence-electron chi connectivity index (χ3n) is 3.92. The number of benzene rings is 2. The number of halogens is 1. The van der Waals surface area contributed by atoms with Gasteiger partial charge in [-0.15, -0.1) is 0 Å². The molecule has 2 aromatic rings. The molecule has 1 saturated heterocycles. The van der Waals surface area contributed by atoms with Crippen LogP contribution in [0.1, 0.15) is 33.6 Å². The van der Waals surface area contributed by atoms with Crippen molar-refractivity contribution in [3.05, 3.63) is 65.5 Å². The lowest BCUT2D eigenvalue weighted by Crippen LogP contribution is -2.28. The molecule has 0 radical (unpaired) electrons. The molecule has 1 fully saturated rings. The molecular weight excluding hydrogens is 341 g/mol. The van der Waals surface area contributed by atoms with E-state index >= 15 is 0 Å². The van der Waals surface area contributed by atoms with Gasteiger partial charge < -0.3 is 4.74 Å². The number of carbonyl (C=O) groups excluding carboxylic acids is 4. The first-order valence-corrected chi connectivity index (χ1v) is 7.88. The molecule has 0 spiro atoms. The van der Waals surface area contributed by atoms with Crippen LogP contribution in [0.4, 0.5) is 10.1 Å². The zero-order valence-corrected chi connectivity index (χ0v) is 13.6. The second-order valence-electron chi connectivity index (χ2n) is 5.65. The molecule has 0 N–H and O–H groups in total. The van der Waals surface area contributed by atoms with Crippen molar-refractivity contribution in [3.63, 3.8) is 0 Å². The molecule has 2 aromatic carbocycles. The van der Waals surface area contributed by atoms with Gasteiger partial charge in [0.1, 0.15) is 5.82 Å². The van der Waals surface area contributed by atoms with Crippen LogP contribution in [0.3, 0.4) is 0 Å². The van der Waals surface area contributed by atoms with E-state index in [4.69, 9.17) is 4.74 Å². The molecule has 0 unspecified atom stereocenters. The van der Waals surface area contributed by atoms with E-state index in [1.54, 1.807) is 0 Å². The van der Waals surface area contributed by atoms with Crippen molar-refractivity contribution in [1.29, 1.82) is 0 Å². The molecule has 0 saturated carbocycles. The number of anilines is 1. The molecule has 26 heavy (non-hydrogen) atoms. The highest BCUT2D eigenvalue weighted by molar-refractivity contribution is 6.19. The number of ether oxygens (including phenoxy) is 1. The van der Waals surface area contributed by atoms with Crippen LogP contribution < -0.4 is 4.90 Å². The molecule has 6 nitrogen and oxygen atoms in total. The van der Waals surface area contributed by atoms with E-state index < -0.39 is 24.2 Å². The minimum atomic E-state index is -0.764. The summed E-state index contributed by atoms with van der Waals surface area (Å²) >= 11 is 0. The number of esters is 1. The second-order valence-corrected chi connectivity index (χ2v) is 5.65. The third-order valence-corrected chi connectivity index (χ3v) is 3.92. The molecule has 1 aliphatic rings. The number of hydrogen-bond acceptors (Lipinski definition) is 5. The molecule has 7 heteroatoms. The monoisotopic (exact) mass is 355 g/mol. The Kier molecular flexibility index (Phi) is 4.88. The van der Waals surface area contributed by atoms with E-state index in [0.29, 0.717) is 5.69 Å². The first-order chi connectivity index (χ1) is 12.5. The topological polar surface area (TPSA) is 80.8 Å². The Balaban J connectivity index is 1.63. The van der Waals surface area contributed by atoms with E-state index in [-0.39, 0.29) is 35.8 Å². The number of hydrogen-bond donors (Lipinski definition) is 0. The van der Waals surface area contributed by atoms with Gasteiger partial charge in [-0.2, -0.15) is 0 Å². The van der Waals surface area contributed by atoms with Crippen molar-refractivity contribution in [2.45, 2.75) is 12.8 Å². The van der Waals surface area contributed by atoms with Gasteiger partial charge in [0, 0.05) is 12.8 Å². The van der Waals surface area contributed by atoms with Gasteiger partial charge in [0.2, 0.25) is 17.6 Å². The summed E-state index contributed by atoms with van der Waals surface area (Å²) in [5, 5.41) is 0. The van der Waals surface area contributed by atoms with E-state index in [1.165, 1.54) is 42.5 Å². The Hall–Kier alpha value is -3.35. The fourth-order valence-electron chi connectivity index (χ4n) is 2.59. The Labute approximate surface area is 148 Å². The summed E-state index contributed by atoms with van der Waals surface area (Å²) in [5.74, 6) is -2.68. The van der Waals surface area contributed by atoms with Crippen molar-refractivity contribution in [2.75, 3.05) is 11.5 Å². The summed E-state index contributed by atoms with van der Waals surface area (Å²) in [5.41, 5.74) is 0.368. The maximum absolute atomic E-state index is 13.5. The maximum Gasteiger partial charge on any atom is 0.338 e. The van der Waals surface area contributed by atoms with E-state index in [0.717, 1.165) is 11.0 Å². The van der Waals surface area contributed by atoms with Crippen LogP contribution >= 0.6 is 0 Å². The third kappa shape index (κ3) is 3.51. The first-order valence-electron chi connectivity index (χ1n) is 7.88. The molecule has 132 valence electrons. The predicted octanol–water partition coefficient (Wildman–Crippen LogP) is 2.52. The van der Waals surface area contributed by atoms with Crippen LogP contribution in [-0.4, -0.2) is 30.2 Å². The number of ketones is 1. The van der Waals surface area contributed by atoms with Gasteiger partial charge in [-0.25, -0.2) is 9.18 Å². The first kappa shape index (κ1) is 17.5. The van der Waals surface area contributed by atoms with Crippen molar-refractivity contribution >= 4 is 29.3 Å². The van der Waals surface area contributed by atoms with Gasteiger partial charge in [0.15, 0.2) is 6.61 Å². The van der Waals surface area contributed by atoms with Crippen LogP contribution in [-0.2, 0) is 14.3 Å². The fourth-order valence-corrected chi connectivity index (χ4v) is 2.59. The van der Waals surface area contributed by atoms with Gasteiger partial charge in [-0.05, 0) is 36.4 Å². The highest BCUT2D eigenvalue weighted by Gasteiger charge is 2.30. The van der Waals surface area contributed by atoms with Crippen molar-refractivity contribution in [3.8, 4) is 0 Å². The SMILES string of the molecule is O=C(OCC(=O)c1ccccc1F)c1ccc(N2C(=O)CCC2=O)cc1. The summed E-state index contributed by atoms with van der Waals surface area (Å²) in [6, 6.07) is 11.1. The van der Waals surface area contributed by atoms with Gasteiger partial charge >= 0.3 is 5.97 Å². The Morgan fingerprint density at radius 2 is 1.58 bits per heavy atom. The standard InChI is InChI=1S/C19H14FNO5/c20-15-4-2-1-3-14(15)16(22)11-26-19(25)12-5-7-13(8-6-12)21-17(23)9-10-18(21)24/h1-8H,9-11H2. The average molecular weight is 355 g/mol. The van der Waals surface area contributed by atoms with Crippen molar-refractivity contribution in [2.24, 2.45) is 0 Å². The number of imide groups is 1. The number of carbonyl (C=O) groups is 4. The number of rotatable bonds is 5. The highest BCUT2D eigenvalue weighted by atomic mass is 19.1. The number of amides is 2. The fraction of sp³-hybridized carbons (Fsp3) is 0.158. The van der Waals surface area contributed by atoms with Crippen LogP contribution in [0.2, 0.25) is 0 Å². The average Bonchev–Trinajstić information content (AvgIpc) is 2.98. The normalized spacial score (nSPS) is 13.8. The zero-order valence-electron chi connectivity index (χ0n) is 13.6. The summed E-state index contributed by atoms with van der Waals surface area (Å²) < 4.78 is 18.4. The zero-order chi connectivity index (χ0) is 18.7. The molecule has 2 amide bonds. The highest BCUT2D eigenvalue weighted by Crippen LogP contribution is 2.23. The molecule has 1 aliphatic heterocycles. The van der Waals surface area contributed by atoms with E-state index in [1.807, 2.05) is 0 Å². The van der Waals surface area contributed by atoms with E-state index in [9.17, 15) is 23.6 Å². The van der Waals surface area contributed by atoms with Gasteiger partial charge in [-0.1, -0.05) is 12.1 Å². The summed E-state index contributed by atoms with van der Waals surface area (Å²) in [6.07, 6.45) is 0.335. The van der Waals surface area contributed by atoms with Crippen LogP contribution in [0.25, 0.3) is 0 Å². The largest absolute Gasteiger partial charge is 0.454 e. The van der Waals surface area contributed by atoms with Gasteiger partial charge in [0.25, 0.3) is 0 Å². The molecule has 0 atom stereocenters. The van der Waals surface area contributed by atoms with Crippen LogP contribution in [0.15, 0.2) is 48.5 Å².